The van der Waals surface area contributed by atoms with Crippen LogP contribution in [-0.2, 0) is 14.4 Å². The SMILES string of the molecule is Cc1ccc2[nH]c(C(=O)N[C@@H](CC3CCCCC3)C(=O)N[C@H](C=O)C[C@@H]3CCNC3=O)cc2c1. The topological polar surface area (TPSA) is 120 Å². The number of hydrogen-bond acceptors (Lipinski definition) is 4. The van der Waals surface area contributed by atoms with E-state index in [0.717, 1.165) is 42.1 Å². The molecule has 182 valence electrons. The van der Waals surface area contributed by atoms with Gasteiger partial charge in [-0.25, -0.2) is 0 Å². The largest absolute Gasteiger partial charge is 0.356 e. The Bertz CT molecular complexity index is 1060. The van der Waals surface area contributed by atoms with Gasteiger partial charge >= 0.3 is 0 Å². The van der Waals surface area contributed by atoms with Crippen LogP contribution < -0.4 is 16.0 Å². The fraction of sp³-hybridized carbons (Fsp3) is 0.538. The van der Waals surface area contributed by atoms with Crippen LogP contribution in [0.2, 0.25) is 0 Å². The Morgan fingerprint density at radius 1 is 1.09 bits per heavy atom. The number of aryl methyl sites for hydroxylation is 1. The lowest BCUT2D eigenvalue weighted by Gasteiger charge is -2.27. The average molecular weight is 467 g/mol. The molecule has 4 rings (SSSR count). The molecule has 0 spiro atoms. The highest BCUT2D eigenvalue weighted by Gasteiger charge is 2.31. The lowest BCUT2D eigenvalue weighted by atomic mass is 9.84. The van der Waals surface area contributed by atoms with Gasteiger partial charge in [0.2, 0.25) is 11.8 Å². The van der Waals surface area contributed by atoms with Crippen LogP contribution in [0.3, 0.4) is 0 Å². The number of aromatic amines is 1. The first-order valence-electron chi connectivity index (χ1n) is 12.4. The van der Waals surface area contributed by atoms with Gasteiger partial charge in [0.05, 0.1) is 6.04 Å². The summed E-state index contributed by atoms with van der Waals surface area (Å²) in [4.78, 5) is 53.0. The van der Waals surface area contributed by atoms with Crippen molar-refractivity contribution in [2.45, 2.75) is 70.4 Å². The average Bonchev–Trinajstić information content (AvgIpc) is 3.44. The zero-order valence-electron chi connectivity index (χ0n) is 19.7. The summed E-state index contributed by atoms with van der Waals surface area (Å²) in [5.41, 5.74) is 2.36. The molecule has 1 saturated heterocycles. The first-order valence-corrected chi connectivity index (χ1v) is 12.4. The summed E-state index contributed by atoms with van der Waals surface area (Å²) < 4.78 is 0. The van der Waals surface area contributed by atoms with Gasteiger partial charge in [0.25, 0.3) is 5.91 Å². The standard InChI is InChI=1S/C26H34N4O4/c1-16-7-8-21-19(11-16)14-23(29-21)26(34)30-22(12-17-5-3-2-4-6-17)25(33)28-20(15-31)13-18-9-10-27-24(18)32/h7-8,11,14-15,17-18,20,22,29H,2-6,9-10,12-13H2,1H3,(H,27,32)(H,28,33)(H,30,34)/t18-,20-,22-/m0/s1. The number of fused-ring (bicyclic) bond motifs is 1. The molecule has 3 atom stereocenters. The van der Waals surface area contributed by atoms with E-state index in [1.807, 2.05) is 25.1 Å². The van der Waals surface area contributed by atoms with Crippen LogP contribution in [0.4, 0.5) is 0 Å². The molecule has 0 radical (unpaired) electrons. The van der Waals surface area contributed by atoms with Crippen molar-refractivity contribution in [3.05, 3.63) is 35.5 Å². The van der Waals surface area contributed by atoms with Gasteiger partial charge in [0.1, 0.15) is 18.0 Å². The summed E-state index contributed by atoms with van der Waals surface area (Å²) in [6.07, 6.45) is 7.66. The Morgan fingerprint density at radius 3 is 2.59 bits per heavy atom. The number of rotatable bonds is 9. The fourth-order valence-electron chi connectivity index (χ4n) is 5.21. The Balaban J connectivity index is 1.46. The number of H-pyrrole nitrogens is 1. The number of hydrogen-bond donors (Lipinski definition) is 4. The van der Waals surface area contributed by atoms with Crippen molar-refractivity contribution in [3.8, 4) is 0 Å². The normalized spacial score (nSPS) is 20.5. The van der Waals surface area contributed by atoms with E-state index in [1.54, 1.807) is 6.07 Å². The van der Waals surface area contributed by atoms with Gasteiger partial charge < -0.3 is 25.7 Å². The lowest BCUT2D eigenvalue weighted by molar-refractivity contribution is -0.127. The van der Waals surface area contributed by atoms with Gasteiger partial charge in [-0.15, -0.1) is 0 Å². The third kappa shape index (κ3) is 5.85. The second-order valence-electron chi connectivity index (χ2n) is 9.80. The Hall–Kier alpha value is -3.16. The fourth-order valence-corrected chi connectivity index (χ4v) is 5.21. The highest BCUT2D eigenvalue weighted by atomic mass is 16.2. The van der Waals surface area contributed by atoms with Crippen molar-refractivity contribution >= 4 is 34.9 Å². The third-order valence-electron chi connectivity index (χ3n) is 7.13. The number of carbonyl (C=O) groups excluding carboxylic acids is 4. The second kappa shape index (κ2) is 10.8. The number of amides is 3. The molecule has 8 heteroatoms. The van der Waals surface area contributed by atoms with Gasteiger partial charge in [0, 0.05) is 23.4 Å². The monoisotopic (exact) mass is 466 g/mol. The van der Waals surface area contributed by atoms with E-state index in [9.17, 15) is 19.2 Å². The van der Waals surface area contributed by atoms with E-state index < -0.39 is 12.1 Å². The van der Waals surface area contributed by atoms with Gasteiger partial charge in [-0.3, -0.25) is 14.4 Å². The zero-order chi connectivity index (χ0) is 24.1. The van der Waals surface area contributed by atoms with Gasteiger partial charge in [-0.1, -0.05) is 43.7 Å². The third-order valence-corrected chi connectivity index (χ3v) is 7.13. The van der Waals surface area contributed by atoms with Crippen LogP contribution in [0.25, 0.3) is 10.9 Å². The molecule has 2 aliphatic rings. The summed E-state index contributed by atoms with van der Waals surface area (Å²) in [5.74, 6) is -0.728. The van der Waals surface area contributed by atoms with E-state index in [2.05, 4.69) is 20.9 Å². The van der Waals surface area contributed by atoms with Crippen LogP contribution in [0.1, 0.15) is 67.4 Å². The molecule has 2 heterocycles. The maximum atomic E-state index is 13.2. The first kappa shape index (κ1) is 24.0. The smallest absolute Gasteiger partial charge is 0.268 e. The van der Waals surface area contributed by atoms with Crippen LogP contribution in [0.5, 0.6) is 0 Å². The van der Waals surface area contributed by atoms with E-state index in [-0.39, 0.29) is 30.1 Å². The van der Waals surface area contributed by atoms with Crippen molar-refractivity contribution in [1.82, 2.24) is 20.9 Å². The number of aromatic nitrogens is 1. The molecular weight excluding hydrogens is 432 g/mol. The van der Waals surface area contributed by atoms with Gasteiger partial charge in [-0.2, -0.15) is 0 Å². The lowest BCUT2D eigenvalue weighted by Crippen LogP contribution is -2.51. The Morgan fingerprint density at radius 2 is 1.88 bits per heavy atom. The Labute approximate surface area is 199 Å². The predicted octanol–water partition coefficient (Wildman–Crippen LogP) is 2.76. The molecule has 1 aromatic carbocycles. The van der Waals surface area contributed by atoms with E-state index in [4.69, 9.17) is 0 Å². The number of benzene rings is 1. The molecule has 1 aliphatic carbocycles. The van der Waals surface area contributed by atoms with Crippen molar-refractivity contribution in [2.24, 2.45) is 11.8 Å². The molecule has 1 aromatic heterocycles. The summed E-state index contributed by atoms with van der Waals surface area (Å²) >= 11 is 0. The van der Waals surface area contributed by atoms with E-state index in [1.165, 1.54) is 6.42 Å². The minimum Gasteiger partial charge on any atom is -0.356 e. The van der Waals surface area contributed by atoms with Crippen LogP contribution >= 0.6 is 0 Å². The van der Waals surface area contributed by atoms with Crippen LogP contribution in [-0.4, -0.2) is 47.6 Å². The van der Waals surface area contributed by atoms with Crippen LogP contribution in [0, 0.1) is 18.8 Å². The molecule has 1 saturated carbocycles. The molecule has 34 heavy (non-hydrogen) atoms. The number of nitrogens with one attached hydrogen (secondary N) is 4. The highest BCUT2D eigenvalue weighted by Crippen LogP contribution is 2.28. The maximum Gasteiger partial charge on any atom is 0.268 e. The zero-order valence-corrected chi connectivity index (χ0v) is 19.7. The number of carbonyl (C=O) groups is 4. The maximum absolute atomic E-state index is 13.2. The summed E-state index contributed by atoms with van der Waals surface area (Å²) in [6.45, 7) is 2.59. The van der Waals surface area contributed by atoms with E-state index in [0.29, 0.717) is 37.3 Å². The molecule has 0 bridgehead atoms. The Kier molecular flexibility index (Phi) is 7.65. The van der Waals surface area contributed by atoms with Crippen molar-refractivity contribution < 1.29 is 19.2 Å². The highest BCUT2D eigenvalue weighted by molar-refractivity contribution is 6.00. The van der Waals surface area contributed by atoms with E-state index >= 15 is 0 Å². The molecule has 2 aromatic rings. The van der Waals surface area contributed by atoms with Crippen molar-refractivity contribution in [2.75, 3.05) is 6.54 Å². The van der Waals surface area contributed by atoms with Crippen LogP contribution in [0.15, 0.2) is 24.3 Å². The summed E-state index contributed by atoms with van der Waals surface area (Å²) in [6, 6.07) is 6.20. The molecule has 0 unspecified atom stereocenters. The predicted molar refractivity (Wildman–Crippen MR) is 129 cm³/mol. The molecule has 8 nitrogen and oxygen atoms in total. The molecule has 4 N–H and O–H groups in total. The van der Waals surface area contributed by atoms with Crippen molar-refractivity contribution in [1.29, 1.82) is 0 Å². The molecule has 3 amide bonds. The van der Waals surface area contributed by atoms with Gasteiger partial charge in [0.15, 0.2) is 0 Å². The minimum atomic E-state index is -0.761. The van der Waals surface area contributed by atoms with Gasteiger partial charge in [-0.05, 0) is 50.3 Å². The van der Waals surface area contributed by atoms with Crippen molar-refractivity contribution in [3.63, 3.8) is 0 Å². The molecular formula is C26H34N4O4. The summed E-state index contributed by atoms with van der Waals surface area (Å²) in [7, 11) is 0. The second-order valence-corrected chi connectivity index (χ2v) is 9.80. The quantitative estimate of drug-likeness (QED) is 0.425. The molecule has 1 aliphatic heterocycles. The molecule has 2 fully saturated rings. The summed E-state index contributed by atoms with van der Waals surface area (Å²) in [5, 5.41) is 9.39. The first-order chi connectivity index (χ1) is 16.4. The minimum absolute atomic E-state index is 0.0813. The number of aldehydes is 1.